The van der Waals surface area contributed by atoms with Crippen molar-refractivity contribution < 1.29 is 17.6 Å². The van der Waals surface area contributed by atoms with Gasteiger partial charge in [0.05, 0.1) is 17.6 Å². The van der Waals surface area contributed by atoms with Gasteiger partial charge < -0.3 is 4.90 Å². The third-order valence-electron chi connectivity index (χ3n) is 2.76. The quantitative estimate of drug-likeness (QED) is 0.916. The van der Waals surface area contributed by atoms with Crippen LogP contribution in [-0.2, 0) is 14.8 Å². The van der Waals surface area contributed by atoms with Gasteiger partial charge in [-0.15, -0.1) is 0 Å². The minimum absolute atomic E-state index is 0.0723. The molecule has 2 rings (SSSR count). The summed E-state index contributed by atoms with van der Waals surface area (Å²) in [6, 6.07) is 3.78. The summed E-state index contributed by atoms with van der Waals surface area (Å²) in [5, 5.41) is 0. The third-order valence-corrected chi connectivity index (χ3v) is 3.36. The van der Waals surface area contributed by atoms with Crippen molar-refractivity contribution in [1.82, 2.24) is 0 Å². The average molecular weight is 286 g/mol. The second-order valence-corrected chi connectivity index (χ2v) is 6.40. The molecule has 104 valence electrons. The molecule has 1 aliphatic rings. The van der Waals surface area contributed by atoms with Crippen molar-refractivity contribution in [1.29, 1.82) is 0 Å². The van der Waals surface area contributed by atoms with Crippen molar-refractivity contribution in [3.05, 3.63) is 24.0 Å². The van der Waals surface area contributed by atoms with Crippen molar-refractivity contribution >= 4 is 27.3 Å². The van der Waals surface area contributed by atoms with E-state index in [9.17, 15) is 17.6 Å². The summed E-state index contributed by atoms with van der Waals surface area (Å²) in [4.78, 5) is 13.2. The first-order chi connectivity index (χ1) is 8.78. The van der Waals surface area contributed by atoms with E-state index < -0.39 is 15.8 Å². The Balaban J connectivity index is 2.46. The van der Waals surface area contributed by atoms with E-state index in [1.165, 1.54) is 24.0 Å². The summed E-state index contributed by atoms with van der Waals surface area (Å²) in [6.07, 6.45) is 2.72. The van der Waals surface area contributed by atoms with Gasteiger partial charge in [0.25, 0.3) is 0 Å². The van der Waals surface area contributed by atoms with Crippen LogP contribution in [0.25, 0.3) is 0 Å². The standard InChI is InChI=1S/C12H15FN2O3S/c1-8(16)15(10-4-5-10)12-6-3-9(13)7-11(12)14-19(2,17)18/h3,6-7,10,14H,4-5H2,1-2H3. The SMILES string of the molecule is CC(=O)N(c1ccc(F)cc1NS(C)(=O)=O)C1CC1. The Morgan fingerprint density at radius 1 is 1.42 bits per heavy atom. The zero-order valence-electron chi connectivity index (χ0n) is 10.7. The Hall–Kier alpha value is -1.63. The molecule has 1 N–H and O–H groups in total. The van der Waals surface area contributed by atoms with Gasteiger partial charge in [-0.1, -0.05) is 0 Å². The molecular weight excluding hydrogens is 271 g/mol. The highest BCUT2D eigenvalue weighted by molar-refractivity contribution is 7.92. The number of carbonyl (C=O) groups excluding carboxylic acids is 1. The predicted molar refractivity (Wildman–Crippen MR) is 71.0 cm³/mol. The Morgan fingerprint density at radius 3 is 2.53 bits per heavy atom. The molecule has 0 heterocycles. The van der Waals surface area contributed by atoms with Crippen LogP contribution in [0, 0.1) is 5.82 Å². The van der Waals surface area contributed by atoms with E-state index in [-0.39, 0.29) is 17.6 Å². The second kappa shape index (κ2) is 4.80. The summed E-state index contributed by atoms with van der Waals surface area (Å²) < 4.78 is 38.1. The van der Waals surface area contributed by atoms with Gasteiger partial charge in [0.2, 0.25) is 15.9 Å². The van der Waals surface area contributed by atoms with E-state index in [0.29, 0.717) is 5.69 Å². The molecule has 19 heavy (non-hydrogen) atoms. The Bertz CT molecular complexity index is 611. The molecule has 1 amide bonds. The number of hydrogen-bond acceptors (Lipinski definition) is 3. The average Bonchev–Trinajstić information content (AvgIpc) is 3.03. The van der Waals surface area contributed by atoms with E-state index in [0.717, 1.165) is 25.2 Å². The Labute approximate surface area is 111 Å². The third kappa shape index (κ3) is 3.44. The maximum absolute atomic E-state index is 13.3. The topological polar surface area (TPSA) is 66.5 Å². The van der Waals surface area contributed by atoms with Crippen LogP contribution in [0.15, 0.2) is 18.2 Å². The molecule has 0 spiro atoms. The van der Waals surface area contributed by atoms with Crippen LogP contribution < -0.4 is 9.62 Å². The molecule has 0 aromatic heterocycles. The summed E-state index contributed by atoms with van der Waals surface area (Å²) >= 11 is 0. The van der Waals surface area contributed by atoms with Crippen LogP contribution in [0.1, 0.15) is 19.8 Å². The van der Waals surface area contributed by atoms with Crippen molar-refractivity contribution in [3.63, 3.8) is 0 Å². The zero-order chi connectivity index (χ0) is 14.2. The van der Waals surface area contributed by atoms with Gasteiger partial charge in [0.15, 0.2) is 0 Å². The normalized spacial score (nSPS) is 15.1. The van der Waals surface area contributed by atoms with E-state index in [2.05, 4.69) is 4.72 Å². The minimum Gasteiger partial charge on any atom is -0.308 e. The van der Waals surface area contributed by atoms with Crippen molar-refractivity contribution in [2.45, 2.75) is 25.8 Å². The van der Waals surface area contributed by atoms with E-state index in [1.807, 2.05) is 0 Å². The lowest BCUT2D eigenvalue weighted by Crippen LogP contribution is -2.31. The van der Waals surface area contributed by atoms with Gasteiger partial charge in [-0.05, 0) is 25.0 Å². The van der Waals surface area contributed by atoms with E-state index in [4.69, 9.17) is 0 Å². The summed E-state index contributed by atoms with van der Waals surface area (Å²) in [6.45, 7) is 1.41. The predicted octanol–water partition coefficient (Wildman–Crippen LogP) is 1.71. The smallest absolute Gasteiger partial charge is 0.229 e. The number of hydrogen-bond donors (Lipinski definition) is 1. The highest BCUT2D eigenvalue weighted by atomic mass is 32.2. The molecule has 1 aromatic rings. The molecule has 0 aliphatic heterocycles. The number of nitrogens with one attached hydrogen (secondary N) is 1. The van der Waals surface area contributed by atoms with E-state index >= 15 is 0 Å². The maximum atomic E-state index is 13.3. The number of nitrogens with zero attached hydrogens (tertiary/aromatic N) is 1. The zero-order valence-corrected chi connectivity index (χ0v) is 11.5. The fourth-order valence-corrected chi connectivity index (χ4v) is 2.52. The van der Waals surface area contributed by atoms with Gasteiger partial charge in [0, 0.05) is 19.0 Å². The molecule has 7 heteroatoms. The molecule has 0 bridgehead atoms. The first-order valence-electron chi connectivity index (χ1n) is 5.85. The van der Waals surface area contributed by atoms with Crippen molar-refractivity contribution in [2.75, 3.05) is 15.9 Å². The first kappa shape index (κ1) is 13.8. The summed E-state index contributed by atoms with van der Waals surface area (Å²) in [5.41, 5.74) is 0.478. The molecule has 0 unspecified atom stereocenters. The number of amides is 1. The first-order valence-corrected chi connectivity index (χ1v) is 7.74. The lowest BCUT2D eigenvalue weighted by Gasteiger charge is -2.23. The molecule has 1 fully saturated rings. The lowest BCUT2D eigenvalue weighted by molar-refractivity contribution is -0.116. The monoisotopic (exact) mass is 286 g/mol. The van der Waals surface area contributed by atoms with Crippen molar-refractivity contribution in [2.24, 2.45) is 0 Å². The number of anilines is 2. The minimum atomic E-state index is -3.54. The van der Waals surface area contributed by atoms with Crippen molar-refractivity contribution in [3.8, 4) is 0 Å². The number of halogens is 1. The highest BCUT2D eigenvalue weighted by Crippen LogP contribution is 2.36. The van der Waals surface area contributed by atoms with Gasteiger partial charge in [-0.2, -0.15) is 0 Å². The van der Waals surface area contributed by atoms with Gasteiger partial charge in [0.1, 0.15) is 5.82 Å². The van der Waals surface area contributed by atoms with Gasteiger partial charge >= 0.3 is 0 Å². The van der Waals surface area contributed by atoms with Crippen LogP contribution in [0.2, 0.25) is 0 Å². The molecule has 1 aliphatic carbocycles. The van der Waals surface area contributed by atoms with Gasteiger partial charge in [-0.3, -0.25) is 9.52 Å². The highest BCUT2D eigenvalue weighted by Gasteiger charge is 2.33. The number of sulfonamides is 1. The molecule has 0 radical (unpaired) electrons. The number of benzene rings is 1. The van der Waals surface area contributed by atoms with Crippen LogP contribution in [0.4, 0.5) is 15.8 Å². The molecule has 1 saturated carbocycles. The molecule has 5 nitrogen and oxygen atoms in total. The van der Waals surface area contributed by atoms with Gasteiger partial charge in [-0.25, -0.2) is 12.8 Å². The molecule has 1 aromatic carbocycles. The van der Waals surface area contributed by atoms with Crippen LogP contribution in [0.3, 0.4) is 0 Å². The summed E-state index contributed by atoms with van der Waals surface area (Å²) in [7, 11) is -3.54. The maximum Gasteiger partial charge on any atom is 0.229 e. The Kier molecular flexibility index (Phi) is 3.49. The van der Waals surface area contributed by atoms with Crippen LogP contribution in [-0.4, -0.2) is 26.6 Å². The molecule has 0 saturated heterocycles. The number of rotatable bonds is 4. The molecular formula is C12H15FN2O3S. The Morgan fingerprint density at radius 2 is 2.05 bits per heavy atom. The fraction of sp³-hybridized carbons (Fsp3) is 0.417. The van der Waals surface area contributed by atoms with Crippen LogP contribution in [0.5, 0.6) is 0 Å². The summed E-state index contributed by atoms with van der Waals surface area (Å²) in [5.74, 6) is -0.750. The fourth-order valence-electron chi connectivity index (χ4n) is 1.96. The molecule has 0 atom stereocenters. The van der Waals surface area contributed by atoms with E-state index in [1.54, 1.807) is 0 Å². The lowest BCUT2D eigenvalue weighted by atomic mass is 10.2. The second-order valence-electron chi connectivity index (χ2n) is 4.66. The largest absolute Gasteiger partial charge is 0.308 e. The van der Waals surface area contributed by atoms with Crippen LogP contribution >= 0.6 is 0 Å². The number of carbonyl (C=O) groups is 1.